The van der Waals surface area contributed by atoms with Gasteiger partial charge in [-0.2, -0.15) is 0 Å². The Morgan fingerprint density at radius 1 is 1.62 bits per heavy atom. The summed E-state index contributed by atoms with van der Waals surface area (Å²) in [6, 6.07) is 0.833. The molecule has 4 N–H and O–H groups in total. The van der Waals surface area contributed by atoms with E-state index in [2.05, 4.69) is 5.32 Å². The predicted molar refractivity (Wildman–Crippen MR) is 61.1 cm³/mol. The smallest absolute Gasteiger partial charge is 0.321 e. The molecule has 0 aliphatic rings. The van der Waals surface area contributed by atoms with Crippen molar-refractivity contribution in [3.05, 3.63) is 21.9 Å². The monoisotopic (exact) mass is 242 g/mol. The summed E-state index contributed by atoms with van der Waals surface area (Å²) in [6.07, 6.45) is -0.195. The zero-order valence-electron chi connectivity index (χ0n) is 8.90. The SMILES string of the molecule is Cc1ccsc1CNC(=O)CC(N)C(=O)O. The molecule has 0 aromatic carbocycles. The molecule has 0 bridgehead atoms. The van der Waals surface area contributed by atoms with Gasteiger partial charge in [-0.25, -0.2) is 0 Å². The molecule has 0 radical (unpaired) electrons. The predicted octanol–water partition coefficient (Wildman–Crippen LogP) is 0.475. The highest BCUT2D eigenvalue weighted by Gasteiger charge is 2.16. The lowest BCUT2D eigenvalue weighted by Gasteiger charge is -2.07. The summed E-state index contributed by atoms with van der Waals surface area (Å²) < 4.78 is 0. The molecule has 88 valence electrons. The molecule has 0 aliphatic heterocycles. The average molecular weight is 242 g/mol. The minimum absolute atomic E-state index is 0.195. The minimum Gasteiger partial charge on any atom is -0.480 e. The highest BCUT2D eigenvalue weighted by molar-refractivity contribution is 7.10. The second-order valence-corrected chi connectivity index (χ2v) is 4.45. The van der Waals surface area contributed by atoms with Crippen molar-refractivity contribution >= 4 is 23.2 Å². The maximum absolute atomic E-state index is 11.3. The minimum atomic E-state index is -1.16. The Bertz CT molecular complexity index is 389. The van der Waals surface area contributed by atoms with E-state index in [0.29, 0.717) is 6.54 Å². The van der Waals surface area contributed by atoms with Crippen LogP contribution >= 0.6 is 11.3 Å². The van der Waals surface area contributed by atoms with Crippen molar-refractivity contribution in [1.29, 1.82) is 0 Å². The number of hydrogen-bond acceptors (Lipinski definition) is 4. The number of thiophene rings is 1. The average Bonchev–Trinajstić information content (AvgIpc) is 2.61. The van der Waals surface area contributed by atoms with E-state index in [1.165, 1.54) is 0 Å². The second-order valence-electron chi connectivity index (χ2n) is 3.45. The second kappa shape index (κ2) is 5.62. The summed E-state index contributed by atoms with van der Waals surface area (Å²) in [5.41, 5.74) is 6.36. The quantitative estimate of drug-likeness (QED) is 0.700. The molecule has 0 aliphatic carbocycles. The molecule has 0 saturated carbocycles. The number of rotatable bonds is 5. The number of aliphatic carboxylic acids is 1. The highest BCUT2D eigenvalue weighted by atomic mass is 32.1. The zero-order valence-corrected chi connectivity index (χ0v) is 9.71. The van der Waals surface area contributed by atoms with Gasteiger partial charge in [0.25, 0.3) is 0 Å². The molecular formula is C10H14N2O3S. The molecule has 0 saturated heterocycles. The van der Waals surface area contributed by atoms with Gasteiger partial charge in [0.15, 0.2) is 0 Å². The summed E-state index contributed by atoms with van der Waals surface area (Å²) in [5, 5.41) is 13.1. The number of carbonyl (C=O) groups is 2. The van der Waals surface area contributed by atoms with Crippen molar-refractivity contribution in [2.75, 3.05) is 0 Å². The Morgan fingerprint density at radius 2 is 2.31 bits per heavy atom. The van der Waals surface area contributed by atoms with Gasteiger partial charge in [-0.05, 0) is 23.9 Å². The van der Waals surface area contributed by atoms with Crippen LogP contribution < -0.4 is 11.1 Å². The van der Waals surface area contributed by atoms with E-state index in [-0.39, 0.29) is 12.3 Å². The molecule has 1 amide bonds. The summed E-state index contributed by atoms with van der Waals surface area (Å²) in [7, 11) is 0. The van der Waals surface area contributed by atoms with Crippen molar-refractivity contribution in [2.45, 2.75) is 25.9 Å². The lowest BCUT2D eigenvalue weighted by Crippen LogP contribution is -2.36. The Balaban J connectivity index is 2.36. The molecule has 1 unspecified atom stereocenters. The van der Waals surface area contributed by atoms with Gasteiger partial charge in [0.05, 0.1) is 13.0 Å². The number of carboxylic acids is 1. The van der Waals surface area contributed by atoms with E-state index in [9.17, 15) is 9.59 Å². The molecule has 1 atom stereocenters. The molecule has 1 aromatic heterocycles. The number of aryl methyl sites for hydroxylation is 1. The van der Waals surface area contributed by atoms with Crippen molar-refractivity contribution in [1.82, 2.24) is 5.32 Å². The molecular weight excluding hydrogens is 228 g/mol. The normalized spacial score (nSPS) is 12.1. The maximum atomic E-state index is 11.3. The molecule has 1 aromatic rings. The zero-order chi connectivity index (χ0) is 12.1. The largest absolute Gasteiger partial charge is 0.480 e. The van der Waals surface area contributed by atoms with Crippen molar-refractivity contribution in [3.63, 3.8) is 0 Å². The van der Waals surface area contributed by atoms with Gasteiger partial charge in [0, 0.05) is 4.88 Å². The van der Waals surface area contributed by atoms with E-state index in [0.717, 1.165) is 10.4 Å². The number of carbonyl (C=O) groups excluding carboxylic acids is 1. The fraction of sp³-hybridized carbons (Fsp3) is 0.400. The van der Waals surface area contributed by atoms with Crippen LogP contribution in [0.15, 0.2) is 11.4 Å². The first-order chi connectivity index (χ1) is 7.50. The van der Waals surface area contributed by atoms with Crippen LogP contribution in [0.5, 0.6) is 0 Å². The first-order valence-electron chi connectivity index (χ1n) is 4.78. The third kappa shape index (κ3) is 3.63. The summed E-state index contributed by atoms with van der Waals surface area (Å²) in [6.45, 7) is 2.38. The van der Waals surface area contributed by atoms with Gasteiger partial charge >= 0.3 is 5.97 Å². The number of amides is 1. The Labute approximate surface area is 97.3 Å². The third-order valence-electron chi connectivity index (χ3n) is 2.14. The van der Waals surface area contributed by atoms with Crippen LogP contribution in [0.2, 0.25) is 0 Å². The van der Waals surface area contributed by atoms with E-state index in [4.69, 9.17) is 10.8 Å². The molecule has 5 nitrogen and oxygen atoms in total. The van der Waals surface area contributed by atoms with Crippen molar-refractivity contribution < 1.29 is 14.7 Å². The van der Waals surface area contributed by atoms with E-state index in [1.807, 2.05) is 18.4 Å². The fourth-order valence-corrected chi connectivity index (χ4v) is 1.97. The molecule has 16 heavy (non-hydrogen) atoms. The Kier molecular flexibility index (Phi) is 4.45. The van der Waals surface area contributed by atoms with Gasteiger partial charge < -0.3 is 16.2 Å². The third-order valence-corrected chi connectivity index (χ3v) is 3.16. The van der Waals surface area contributed by atoms with Crippen molar-refractivity contribution in [3.8, 4) is 0 Å². The van der Waals surface area contributed by atoms with E-state index >= 15 is 0 Å². The maximum Gasteiger partial charge on any atom is 0.321 e. The van der Waals surface area contributed by atoms with Gasteiger partial charge in [0.2, 0.25) is 5.91 Å². The summed E-state index contributed by atoms with van der Waals surface area (Å²) >= 11 is 1.55. The number of nitrogens with one attached hydrogen (secondary N) is 1. The number of hydrogen-bond donors (Lipinski definition) is 3. The first-order valence-corrected chi connectivity index (χ1v) is 5.66. The van der Waals surface area contributed by atoms with Crippen molar-refractivity contribution in [2.24, 2.45) is 5.73 Å². The van der Waals surface area contributed by atoms with Gasteiger partial charge in [-0.15, -0.1) is 11.3 Å². The number of carboxylic acid groups (broad SMARTS) is 1. The van der Waals surface area contributed by atoms with Crippen LogP contribution in [0.4, 0.5) is 0 Å². The molecule has 1 rings (SSSR count). The van der Waals surface area contributed by atoms with E-state index in [1.54, 1.807) is 11.3 Å². The van der Waals surface area contributed by atoms with Crippen LogP contribution in [0.25, 0.3) is 0 Å². The van der Waals surface area contributed by atoms with Crippen LogP contribution in [-0.4, -0.2) is 23.0 Å². The van der Waals surface area contributed by atoms with Crippen LogP contribution in [0, 0.1) is 6.92 Å². The lowest BCUT2D eigenvalue weighted by molar-refractivity contribution is -0.140. The first kappa shape index (κ1) is 12.7. The molecule has 6 heteroatoms. The summed E-state index contributed by atoms with van der Waals surface area (Å²) in [4.78, 5) is 22.8. The highest BCUT2D eigenvalue weighted by Crippen LogP contribution is 2.14. The fourth-order valence-electron chi connectivity index (χ4n) is 1.12. The van der Waals surface area contributed by atoms with E-state index < -0.39 is 12.0 Å². The molecule has 0 fully saturated rings. The topological polar surface area (TPSA) is 92.4 Å². The van der Waals surface area contributed by atoms with Crippen LogP contribution in [0.3, 0.4) is 0 Å². The number of nitrogens with two attached hydrogens (primary N) is 1. The van der Waals surface area contributed by atoms with Gasteiger partial charge in [-0.3, -0.25) is 9.59 Å². The molecule has 1 heterocycles. The van der Waals surface area contributed by atoms with Crippen LogP contribution in [-0.2, 0) is 16.1 Å². The van der Waals surface area contributed by atoms with Gasteiger partial charge in [0.1, 0.15) is 6.04 Å². The molecule has 0 spiro atoms. The standard InChI is InChI=1S/C10H14N2O3S/c1-6-2-3-16-8(6)5-12-9(13)4-7(11)10(14)15/h2-3,7H,4-5,11H2,1H3,(H,12,13)(H,14,15). The van der Waals surface area contributed by atoms with Gasteiger partial charge in [-0.1, -0.05) is 0 Å². The Hall–Kier alpha value is -1.40. The summed E-state index contributed by atoms with van der Waals surface area (Å²) in [5.74, 6) is -1.51. The lowest BCUT2D eigenvalue weighted by atomic mass is 10.2. The Morgan fingerprint density at radius 3 is 2.81 bits per heavy atom. The van der Waals surface area contributed by atoms with Crippen LogP contribution in [0.1, 0.15) is 16.9 Å².